The van der Waals surface area contributed by atoms with Crippen molar-refractivity contribution in [3.63, 3.8) is 0 Å². The van der Waals surface area contributed by atoms with Crippen LogP contribution in [0.3, 0.4) is 0 Å². The standard InChI is InChI=1S/C12H26O4S.C2H5NO2/c1-2-3-4-5-6-7-8-9-10-11-12-16-17(13,14)15;3-1-2(4)5/h2-12H2,1H3,(H,13,14,15);1,3H2,(H,4,5). The molecule has 0 heterocycles. The van der Waals surface area contributed by atoms with E-state index >= 15 is 0 Å². The lowest BCUT2D eigenvalue weighted by Crippen LogP contribution is -2.54. The molecule has 0 aliphatic carbocycles. The van der Waals surface area contributed by atoms with Gasteiger partial charge in [-0.15, -0.1) is 0 Å². The van der Waals surface area contributed by atoms with Crippen molar-refractivity contribution < 1.29 is 32.8 Å². The molecule has 0 saturated carbocycles. The Morgan fingerprint density at radius 1 is 1.00 bits per heavy atom. The van der Waals surface area contributed by atoms with Gasteiger partial charge >= 0.3 is 5.97 Å². The molecule has 4 N–H and O–H groups in total. The van der Waals surface area contributed by atoms with E-state index in [9.17, 15) is 17.8 Å². The first-order chi connectivity index (χ1) is 10.3. The van der Waals surface area contributed by atoms with Crippen LogP contribution in [0.25, 0.3) is 0 Å². The van der Waals surface area contributed by atoms with E-state index in [0.29, 0.717) is 6.42 Å². The summed E-state index contributed by atoms with van der Waals surface area (Å²) in [5.41, 5.74) is 3.09. The van der Waals surface area contributed by atoms with Gasteiger partial charge in [0.15, 0.2) is 6.54 Å². The molecule has 0 spiro atoms. The number of hydrogen-bond acceptors (Lipinski definition) is 5. The Morgan fingerprint density at radius 3 is 1.68 bits per heavy atom. The van der Waals surface area contributed by atoms with Crippen LogP contribution in [-0.2, 0) is 19.4 Å². The molecule has 22 heavy (non-hydrogen) atoms. The molecule has 134 valence electrons. The molecular weight excluding hydrogens is 310 g/mol. The highest BCUT2D eigenvalue weighted by Gasteiger charge is 1.95. The van der Waals surface area contributed by atoms with E-state index < -0.39 is 16.4 Å². The Bertz CT molecular complexity index is 345. The summed E-state index contributed by atoms with van der Waals surface area (Å²) in [7, 11) is -4.48. The van der Waals surface area contributed by atoms with Gasteiger partial charge in [0.1, 0.15) is 0 Å². The monoisotopic (exact) mass is 341 g/mol. The predicted molar refractivity (Wildman–Crippen MR) is 82.9 cm³/mol. The second kappa shape index (κ2) is 16.7. The van der Waals surface area contributed by atoms with Gasteiger partial charge in [-0.05, 0) is 6.42 Å². The van der Waals surface area contributed by atoms with Gasteiger partial charge in [0.25, 0.3) is 0 Å². The van der Waals surface area contributed by atoms with Crippen LogP contribution < -0.4 is 5.73 Å². The third kappa shape index (κ3) is 27.6. The summed E-state index contributed by atoms with van der Waals surface area (Å²) in [4.78, 5) is 9.31. The van der Waals surface area contributed by atoms with Gasteiger partial charge in [-0.25, -0.2) is 13.2 Å². The smallest absolute Gasteiger partial charge is 0.359 e. The van der Waals surface area contributed by atoms with Gasteiger partial charge in [-0.1, -0.05) is 64.7 Å². The quantitative estimate of drug-likeness (QED) is 0.298. The molecule has 8 heteroatoms. The Labute approximate surface area is 134 Å². The fraction of sp³-hybridized carbons (Fsp3) is 0.929. The number of hydrogen-bond donors (Lipinski definition) is 2. The van der Waals surface area contributed by atoms with Crippen molar-refractivity contribution in [1.29, 1.82) is 0 Å². The molecule has 0 aromatic heterocycles. The lowest BCUT2D eigenvalue weighted by molar-refractivity contribution is -0.358. The molecule has 0 saturated heterocycles. The lowest BCUT2D eigenvalue weighted by Gasteiger charge is -2.06. The molecule has 0 fully saturated rings. The Balaban J connectivity index is 0. The van der Waals surface area contributed by atoms with E-state index in [-0.39, 0.29) is 13.2 Å². The Morgan fingerprint density at radius 2 is 1.36 bits per heavy atom. The van der Waals surface area contributed by atoms with Gasteiger partial charge in [-0.3, -0.25) is 4.18 Å². The summed E-state index contributed by atoms with van der Waals surface area (Å²) in [6.07, 6.45) is 11.7. The molecule has 0 unspecified atom stereocenters. The number of unbranched alkanes of at least 4 members (excludes halogenated alkanes) is 9. The molecule has 0 atom stereocenters. The zero-order valence-electron chi connectivity index (χ0n) is 13.6. The average molecular weight is 341 g/mol. The maximum absolute atomic E-state index is 10.1. The average Bonchev–Trinajstić information content (AvgIpc) is 2.44. The first-order valence-corrected chi connectivity index (χ1v) is 9.28. The zero-order valence-corrected chi connectivity index (χ0v) is 14.4. The van der Waals surface area contributed by atoms with Crippen molar-refractivity contribution in [2.45, 2.75) is 71.1 Å². The second-order valence-corrected chi connectivity index (χ2v) is 6.11. The SMILES string of the molecule is CCCCCCCCCCCCOS(=O)(=O)[O-].[NH3+]CC(=O)O. The van der Waals surface area contributed by atoms with Crippen LogP contribution in [0.5, 0.6) is 0 Å². The van der Waals surface area contributed by atoms with Gasteiger partial charge in [-0.2, -0.15) is 0 Å². The van der Waals surface area contributed by atoms with Crippen molar-refractivity contribution in [2.75, 3.05) is 13.2 Å². The predicted octanol–water partition coefficient (Wildman–Crippen LogP) is 1.70. The van der Waals surface area contributed by atoms with Gasteiger partial charge in [0.2, 0.25) is 10.4 Å². The van der Waals surface area contributed by atoms with E-state index in [2.05, 4.69) is 16.8 Å². The molecule has 0 aromatic rings. The number of rotatable bonds is 13. The molecule has 0 aliphatic heterocycles. The van der Waals surface area contributed by atoms with Crippen LogP contribution in [0.2, 0.25) is 0 Å². The highest BCUT2D eigenvalue weighted by molar-refractivity contribution is 7.80. The molecule has 7 nitrogen and oxygen atoms in total. The minimum Gasteiger partial charge on any atom is -0.726 e. The summed E-state index contributed by atoms with van der Waals surface area (Å²) < 4.78 is 34.5. The molecule has 0 amide bonds. The number of carbonyl (C=O) groups is 1. The third-order valence-corrected chi connectivity index (χ3v) is 3.39. The van der Waals surface area contributed by atoms with Crippen molar-refractivity contribution in [3.8, 4) is 0 Å². The van der Waals surface area contributed by atoms with Crippen LogP contribution in [0, 0.1) is 0 Å². The van der Waals surface area contributed by atoms with Crippen molar-refractivity contribution in [2.24, 2.45) is 0 Å². The van der Waals surface area contributed by atoms with Crippen LogP contribution >= 0.6 is 0 Å². The highest BCUT2D eigenvalue weighted by Crippen LogP contribution is 2.10. The van der Waals surface area contributed by atoms with Crippen molar-refractivity contribution in [3.05, 3.63) is 0 Å². The third-order valence-electron chi connectivity index (χ3n) is 2.94. The maximum Gasteiger partial charge on any atom is 0.359 e. The molecular formula is C14H31NO6S. The molecule has 0 aliphatic rings. The minimum atomic E-state index is -4.48. The zero-order chi connectivity index (χ0) is 17.3. The summed E-state index contributed by atoms with van der Waals surface area (Å²) >= 11 is 0. The van der Waals surface area contributed by atoms with E-state index in [1.165, 1.54) is 44.9 Å². The van der Waals surface area contributed by atoms with E-state index in [1.807, 2.05) is 0 Å². The van der Waals surface area contributed by atoms with Crippen LogP contribution in [0.15, 0.2) is 0 Å². The van der Waals surface area contributed by atoms with Gasteiger partial charge in [0, 0.05) is 0 Å². The normalized spacial score (nSPS) is 10.9. The number of quaternary nitrogens is 1. The maximum atomic E-state index is 10.1. The van der Waals surface area contributed by atoms with Gasteiger partial charge < -0.3 is 15.4 Å². The van der Waals surface area contributed by atoms with Gasteiger partial charge in [0.05, 0.1) is 6.61 Å². The van der Waals surface area contributed by atoms with E-state index in [0.717, 1.165) is 12.8 Å². The molecule has 0 aromatic carbocycles. The highest BCUT2D eigenvalue weighted by atomic mass is 32.3. The first-order valence-electron chi connectivity index (χ1n) is 7.94. The Kier molecular flexibility index (Phi) is 17.9. The van der Waals surface area contributed by atoms with Crippen LogP contribution in [0.1, 0.15) is 71.1 Å². The lowest BCUT2D eigenvalue weighted by atomic mass is 10.1. The van der Waals surface area contributed by atoms with Crippen molar-refractivity contribution >= 4 is 16.4 Å². The second-order valence-electron chi connectivity index (χ2n) is 5.06. The van der Waals surface area contributed by atoms with Crippen LogP contribution in [-0.4, -0.2) is 37.2 Å². The molecule has 0 radical (unpaired) electrons. The fourth-order valence-electron chi connectivity index (χ4n) is 1.75. The summed E-state index contributed by atoms with van der Waals surface area (Å²) in [6.45, 7) is 2.21. The number of carboxylic acids is 1. The summed E-state index contributed by atoms with van der Waals surface area (Å²) in [5, 5.41) is 7.66. The molecule has 0 rings (SSSR count). The molecule has 0 bridgehead atoms. The van der Waals surface area contributed by atoms with Crippen molar-refractivity contribution in [1.82, 2.24) is 0 Å². The topological polar surface area (TPSA) is 131 Å². The van der Waals surface area contributed by atoms with Crippen LogP contribution in [0.4, 0.5) is 0 Å². The summed E-state index contributed by atoms with van der Waals surface area (Å²) in [5.74, 6) is -0.856. The number of carboxylic acid groups (broad SMARTS) is 1. The minimum absolute atomic E-state index is 0.0278. The van der Waals surface area contributed by atoms with E-state index in [1.54, 1.807) is 0 Å². The van der Waals surface area contributed by atoms with E-state index in [4.69, 9.17) is 5.11 Å². The first kappa shape index (κ1) is 23.6. The fourth-order valence-corrected chi connectivity index (χ4v) is 2.07. The number of aliphatic carboxylic acids is 1. The largest absolute Gasteiger partial charge is 0.726 e. The summed E-state index contributed by atoms with van der Waals surface area (Å²) in [6, 6.07) is 0. The Hall–Kier alpha value is -0.700.